The molecule has 1 heterocycles. The van der Waals surface area contributed by atoms with Gasteiger partial charge in [0.05, 0.1) is 6.10 Å². The molecule has 1 aliphatic carbocycles. The van der Waals surface area contributed by atoms with E-state index in [1.807, 2.05) is 11.4 Å². The Morgan fingerprint density at radius 2 is 2.07 bits per heavy atom. The third-order valence-corrected chi connectivity index (χ3v) is 9.03. The fourth-order valence-corrected chi connectivity index (χ4v) is 10.5. The summed E-state index contributed by atoms with van der Waals surface area (Å²) in [4.78, 5) is 0. The molecular weight excluding hydrogens is 243 g/mol. The van der Waals surface area contributed by atoms with E-state index in [-0.39, 0.29) is 0 Å². The molecule has 1 saturated carbocycles. The van der Waals surface area contributed by atoms with Crippen molar-refractivity contribution >= 4 is 28.7 Å². The van der Waals surface area contributed by atoms with Gasteiger partial charge in [-0.3, -0.25) is 0 Å². The Bertz CT molecular complexity index is 303. The molecule has 1 nitrogen and oxygen atoms in total. The summed E-state index contributed by atoms with van der Waals surface area (Å²) in [6, 6.07) is 0. The van der Waals surface area contributed by atoms with Crippen molar-refractivity contribution in [3.8, 4) is 0 Å². The minimum absolute atomic E-state index is 0.327. The van der Waals surface area contributed by atoms with Crippen molar-refractivity contribution in [2.45, 2.75) is 50.9 Å². The first-order chi connectivity index (χ1) is 6.80. The largest absolute Gasteiger partial charge is 0.338 e. The number of rotatable bonds is 0. The lowest BCUT2D eigenvalue weighted by Crippen LogP contribution is -2.44. The van der Waals surface area contributed by atoms with Gasteiger partial charge in [0, 0.05) is 10.7 Å². The number of fused-ring (bicyclic) bond motifs is 1. The van der Waals surface area contributed by atoms with Gasteiger partial charge in [-0.1, -0.05) is 36.5 Å². The van der Waals surface area contributed by atoms with Gasteiger partial charge < -0.3 is 4.52 Å². The van der Waals surface area contributed by atoms with Gasteiger partial charge in [-0.05, 0) is 39.3 Å². The molecule has 2 rings (SSSR count). The number of hydrogen-bond acceptors (Lipinski definition) is 3. The average molecular weight is 264 g/mol. The third kappa shape index (κ3) is 2.62. The lowest BCUT2D eigenvalue weighted by atomic mass is 9.75. The summed E-state index contributed by atoms with van der Waals surface area (Å²) >= 11 is 7.54. The van der Waals surface area contributed by atoms with Crippen LogP contribution in [0.15, 0.2) is 0 Å². The second-order valence-corrected chi connectivity index (χ2v) is 14.0. The van der Waals surface area contributed by atoms with E-state index < -0.39 is 5.47 Å². The van der Waals surface area contributed by atoms with E-state index >= 15 is 0 Å². The summed E-state index contributed by atoms with van der Waals surface area (Å²) < 4.78 is 6.50. The summed E-state index contributed by atoms with van der Waals surface area (Å²) in [5.41, 5.74) is -1.57. The maximum Gasteiger partial charge on any atom is 0.117 e. The molecule has 15 heavy (non-hydrogen) atoms. The molecule has 1 saturated heterocycles. The molecule has 0 N–H and O–H groups in total. The minimum Gasteiger partial charge on any atom is -0.338 e. The Morgan fingerprint density at radius 1 is 1.40 bits per heavy atom. The molecule has 4 heteroatoms. The Hall–Kier alpha value is 0.960. The lowest BCUT2D eigenvalue weighted by molar-refractivity contribution is 0.0621. The maximum atomic E-state index is 6.17. The Kier molecular flexibility index (Phi) is 3.32. The standard InChI is InChI=1S/C11H21OPS2/c1-8-5-6-9-10(7-8)12-13(4,14)15-11(9,2)3/h8-10H,5-7H2,1-4H3. The quantitative estimate of drug-likeness (QED) is 0.605. The zero-order valence-corrected chi connectivity index (χ0v) is 12.6. The smallest absolute Gasteiger partial charge is 0.117 e. The highest BCUT2D eigenvalue weighted by molar-refractivity contribution is 8.69. The van der Waals surface area contributed by atoms with Crippen LogP contribution in [0.3, 0.4) is 0 Å². The van der Waals surface area contributed by atoms with E-state index in [2.05, 4.69) is 27.4 Å². The molecule has 2 aliphatic rings. The monoisotopic (exact) mass is 264 g/mol. The minimum atomic E-state index is -1.57. The van der Waals surface area contributed by atoms with Gasteiger partial charge in [0.25, 0.3) is 0 Å². The summed E-state index contributed by atoms with van der Waals surface area (Å²) in [7, 11) is 0. The lowest BCUT2D eigenvalue weighted by Gasteiger charge is -2.50. The summed E-state index contributed by atoms with van der Waals surface area (Å²) in [6.45, 7) is 9.20. The molecule has 2 fully saturated rings. The van der Waals surface area contributed by atoms with Crippen LogP contribution < -0.4 is 0 Å². The average Bonchev–Trinajstić information content (AvgIpc) is 1.97. The zero-order chi connectivity index (χ0) is 11.3. The molecular formula is C11H21OPS2. The van der Waals surface area contributed by atoms with Crippen LogP contribution in [0.2, 0.25) is 0 Å². The zero-order valence-electron chi connectivity index (χ0n) is 10.0. The predicted octanol–water partition coefficient (Wildman–Crippen LogP) is 4.27. The first-order valence-electron chi connectivity index (χ1n) is 5.77. The molecule has 0 aromatic carbocycles. The molecule has 0 aromatic heterocycles. The fraction of sp³-hybridized carbons (Fsp3) is 1.00. The van der Waals surface area contributed by atoms with Crippen molar-refractivity contribution in [1.29, 1.82) is 0 Å². The Labute approximate surface area is 103 Å². The molecule has 4 unspecified atom stereocenters. The molecule has 0 aromatic rings. The van der Waals surface area contributed by atoms with Crippen LogP contribution in [-0.2, 0) is 16.3 Å². The topological polar surface area (TPSA) is 9.23 Å². The number of hydrogen-bond donors (Lipinski definition) is 0. The van der Waals surface area contributed by atoms with Crippen molar-refractivity contribution in [3.05, 3.63) is 0 Å². The van der Waals surface area contributed by atoms with Gasteiger partial charge in [-0.2, -0.15) is 0 Å². The van der Waals surface area contributed by atoms with Crippen LogP contribution >= 0.6 is 16.8 Å². The highest BCUT2D eigenvalue weighted by Crippen LogP contribution is 2.70. The van der Waals surface area contributed by atoms with Crippen LogP contribution in [0.25, 0.3) is 0 Å². The van der Waals surface area contributed by atoms with Crippen molar-refractivity contribution in [1.82, 2.24) is 0 Å². The van der Waals surface area contributed by atoms with Crippen LogP contribution in [0.1, 0.15) is 40.0 Å². The van der Waals surface area contributed by atoms with E-state index in [9.17, 15) is 0 Å². The van der Waals surface area contributed by atoms with Gasteiger partial charge >= 0.3 is 0 Å². The molecule has 0 radical (unpaired) electrons. The second kappa shape index (κ2) is 4.01. The molecule has 0 spiro atoms. The van der Waals surface area contributed by atoms with Gasteiger partial charge in [0.1, 0.15) is 5.47 Å². The van der Waals surface area contributed by atoms with Crippen molar-refractivity contribution < 1.29 is 4.52 Å². The van der Waals surface area contributed by atoms with E-state index in [1.54, 1.807) is 0 Å². The SMILES string of the molecule is CC1CCC2C(C1)OP(C)(=S)SC2(C)C. The Morgan fingerprint density at radius 3 is 2.73 bits per heavy atom. The molecule has 0 bridgehead atoms. The summed E-state index contributed by atoms with van der Waals surface area (Å²) in [6.07, 6.45) is 4.35. The van der Waals surface area contributed by atoms with Crippen molar-refractivity contribution in [2.24, 2.45) is 11.8 Å². The van der Waals surface area contributed by atoms with Crippen LogP contribution in [0.5, 0.6) is 0 Å². The van der Waals surface area contributed by atoms with Crippen LogP contribution in [-0.4, -0.2) is 17.5 Å². The van der Waals surface area contributed by atoms with Gasteiger partial charge in [-0.25, -0.2) is 0 Å². The maximum absolute atomic E-state index is 6.17. The van der Waals surface area contributed by atoms with Crippen molar-refractivity contribution in [2.75, 3.05) is 6.66 Å². The fourth-order valence-electron chi connectivity index (χ4n) is 3.00. The second-order valence-electron chi connectivity index (χ2n) is 5.63. The van der Waals surface area contributed by atoms with Crippen LogP contribution in [0.4, 0.5) is 0 Å². The summed E-state index contributed by atoms with van der Waals surface area (Å²) in [5, 5.41) is 0. The van der Waals surface area contributed by atoms with E-state index in [0.717, 1.165) is 11.8 Å². The highest BCUT2D eigenvalue weighted by atomic mass is 32.9. The third-order valence-electron chi connectivity index (χ3n) is 3.67. The van der Waals surface area contributed by atoms with Crippen LogP contribution in [0, 0.1) is 11.8 Å². The van der Waals surface area contributed by atoms with E-state index in [4.69, 9.17) is 16.3 Å². The normalized spacial score (nSPS) is 49.7. The summed E-state index contributed by atoms with van der Waals surface area (Å²) in [5.74, 6) is 1.54. The van der Waals surface area contributed by atoms with Gasteiger partial charge in [0.2, 0.25) is 0 Å². The van der Waals surface area contributed by atoms with Gasteiger partial charge in [0.15, 0.2) is 0 Å². The van der Waals surface area contributed by atoms with E-state index in [1.165, 1.54) is 19.3 Å². The van der Waals surface area contributed by atoms with E-state index in [0.29, 0.717) is 10.9 Å². The highest BCUT2D eigenvalue weighted by Gasteiger charge is 2.47. The molecule has 1 aliphatic heterocycles. The first kappa shape index (κ1) is 12.4. The molecule has 88 valence electrons. The first-order valence-corrected chi connectivity index (χ1v) is 10.4. The van der Waals surface area contributed by atoms with Crippen molar-refractivity contribution in [3.63, 3.8) is 0 Å². The predicted molar refractivity (Wildman–Crippen MR) is 73.3 cm³/mol. The molecule has 4 atom stereocenters. The Balaban J connectivity index is 2.22. The van der Waals surface area contributed by atoms with Gasteiger partial charge in [-0.15, -0.1) is 0 Å². The molecule has 0 amide bonds.